The first-order valence-corrected chi connectivity index (χ1v) is 6.15. The molecule has 1 aromatic rings. The Morgan fingerprint density at radius 3 is 2.74 bits per heavy atom. The normalized spacial score (nSPS) is 11.9. The summed E-state index contributed by atoms with van der Waals surface area (Å²) in [5.74, 6) is -0.819. The van der Waals surface area contributed by atoms with Crippen molar-refractivity contribution in [1.29, 1.82) is 0 Å². The number of rotatable bonds is 7. The number of carbonyl (C=O) groups is 1. The largest absolute Gasteiger partial charge is 0.481 e. The Kier molecular flexibility index (Phi) is 5.29. The molecule has 0 saturated carbocycles. The predicted molar refractivity (Wildman–Crippen MR) is 72.4 cm³/mol. The molecule has 0 heterocycles. The zero-order valence-electron chi connectivity index (χ0n) is 11.0. The van der Waals surface area contributed by atoms with Gasteiger partial charge < -0.3 is 10.4 Å². The van der Waals surface area contributed by atoms with Gasteiger partial charge >= 0.3 is 5.97 Å². The number of benzene rings is 1. The van der Waals surface area contributed by atoms with E-state index < -0.39 is 10.9 Å². The molecular formula is C13H18N2O4. The van der Waals surface area contributed by atoms with Gasteiger partial charge in [0, 0.05) is 30.3 Å². The van der Waals surface area contributed by atoms with Crippen LogP contribution in [0.4, 0.5) is 11.4 Å². The highest BCUT2D eigenvalue weighted by atomic mass is 16.6. The number of hydrogen-bond acceptors (Lipinski definition) is 4. The lowest BCUT2D eigenvalue weighted by Crippen LogP contribution is -2.17. The highest BCUT2D eigenvalue weighted by Crippen LogP contribution is 2.25. The quantitative estimate of drug-likeness (QED) is 0.584. The van der Waals surface area contributed by atoms with Crippen LogP contribution in [0.5, 0.6) is 0 Å². The Morgan fingerprint density at radius 1 is 1.53 bits per heavy atom. The third-order valence-electron chi connectivity index (χ3n) is 3.12. The van der Waals surface area contributed by atoms with Gasteiger partial charge in [-0.05, 0) is 18.9 Å². The SMILES string of the molecule is CCC(CNc1cccc([N+](=O)[O-])c1C)CC(=O)O. The third-order valence-corrected chi connectivity index (χ3v) is 3.12. The minimum absolute atomic E-state index is 0.0103. The van der Waals surface area contributed by atoms with Crippen LogP contribution in [0.25, 0.3) is 0 Å². The number of carboxylic acids is 1. The van der Waals surface area contributed by atoms with Crippen LogP contribution in [0.15, 0.2) is 18.2 Å². The van der Waals surface area contributed by atoms with Crippen LogP contribution in [0.3, 0.4) is 0 Å². The van der Waals surface area contributed by atoms with Gasteiger partial charge in [0.25, 0.3) is 5.69 Å². The second kappa shape index (κ2) is 6.72. The maximum absolute atomic E-state index is 10.8. The number of hydrogen-bond donors (Lipinski definition) is 2. The topological polar surface area (TPSA) is 92.5 Å². The number of aliphatic carboxylic acids is 1. The first-order chi connectivity index (χ1) is 8.95. The Labute approximate surface area is 111 Å². The summed E-state index contributed by atoms with van der Waals surface area (Å²) in [7, 11) is 0. The summed E-state index contributed by atoms with van der Waals surface area (Å²) in [4.78, 5) is 21.1. The maximum Gasteiger partial charge on any atom is 0.303 e. The standard InChI is InChI=1S/C13H18N2O4/c1-3-10(7-13(16)17)8-14-11-5-4-6-12(9(11)2)15(18)19/h4-6,10,14H,3,7-8H2,1-2H3,(H,16,17). The zero-order chi connectivity index (χ0) is 14.4. The van der Waals surface area contributed by atoms with Crippen LogP contribution >= 0.6 is 0 Å². The molecule has 0 aromatic heterocycles. The monoisotopic (exact) mass is 266 g/mol. The fourth-order valence-electron chi connectivity index (χ4n) is 1.87. The van der Waals surface area contributed by atoms with Gasteiger partial charge in [-0.25, -0.2) is 0 Å². The van der Waals surface area contributed by atoms with E-state index in [0.717, 1.165) is 6.42 Å². The fraction of sp³-hybridized carbons (Fsp3) is 0.462. The van der Waals surface area contributed by atoms with Gasteiger partial charge in [0.15, 0.2) is 0 Å². The molecule has 19 heavy (non-hydrogen) atoms. The molecule has 1 aromatic carbocycles. The molecule has 0 aliphatic heterocycles. The van der Waals surface area contributed by atoms with Gasteiger partial charge in [0.05, 0.1) is 4.92 Å². The summed E-state index contributed by atoms with van der Waals surface area (Å²) in [6, 6.07) is 4.83. The van der Waals surface area contributed by atoms with Crippen molar-refractivity contribution in [2.24, 2.45) is 5.92 Å². The lowest BCUT2D eigenvalue weighted by molar-refractivity contribution is -0.385. The number of nitrogens with zero attached hydrogens (tertiary/aromatic N) is 1. The number of carboxylic acid groups (broad SMARTS) is 1. The molecule has 0 fully saturated rings. The molecule has 1 rings (SSSR count). The Bertz CT molecular complexity index is 474. The fourth-order valence-corrected chi connectivity index (χ4v) is 1.87. The van der Waals surface area contributed by atoms with E-state index in [0.29, 0.717) is 17.8 Å². The predicted octanol–water partition coefficient (Wildman–Crippen LogP) is 2.82. The van der Waals surface area contributed by atoms with Crippen molar-refractivity contribution >= 4 is 17.3 Å². The molecule has 0 aliphatic rings. The third kappa shape index (κ3) is 4.24. The lowest BCUT2D eigenvalue weighted by atomic mass is 10.0. The smallest absolute Gasteiger partial charge is 0.303 e. The molecule has 0 aliphatic carbocycles. The summed E-state index contributed by atoms with van der Waals surface area (Å²) < 4.78 is 0. The summed E-state index contributed by atoms with van der Waals surface area (Å²) in [6.45, 7) is 4.10. The van der Waals surface area contributed by atoms with E-state index in [1.165, 1.54) is 6.07 Å². The molecule has 104 valence electrons. The van der Waals surface area contributed by atoms with E-state index in [2.05, 4.69) is 5.32 Å². The number of nitro groups is 1. The summed E-state index contributed by atoms with van der Waals surface area (Å²) in [5.41, 5.74) is 1.31. The summed E-state index contributed by atoms with van der Waals surface area (Å²) in [5, 5.41) is 22.7. The lowest BCUT2D eigenvalue weighted by Gasteiger charge is -2.15. The molecule has 2 N–H and O–H groups in total. The van der Waals surface area contributed by atoms with Crippen molar-refractivity contribution < 1.29 is 14.8 Å². The van der Waals surface area contributed by atoms with Gasteiger partial charge in [-0.2, -0.15) is 0 Å². The molecule has 0 radical (unpaired) electrons. The summed E-state index contributed by atoms with van der Waals surface area (Å²) in [6.07, 6.45) is 0.838. The molecule has 1 atom stereocenters. The van der Waals surface area contributed by atoms with E-state index in [9.17, 15) is 14.9 Å². The maximum atomic E-state index is 10.8. The number of nitrogens with one attached hydrogen (secondary N) is 1. The van der Waals surface area contributed by atoms with Gasteiger partial charge in [0.2, 0.25) is 0 Å². The van der Waals surface area contributed by atoms with Crippen LogP contribution in [0.1, 0.15) is 25.3 Å². The van der Waals surface area contributed by atoms with E-state index >= 15 is 0 Å². The number of nitro benzene ring substituents is 1. The molecule has 0 bridgehead atoms. The highest BCUT2D eigenvalue weighted by Gasteiger charge is 2.15. The molecule has 0 amide bonds. The van der Waals surface area contributed by atoms with Crippen molar-refractivity contribution in [2.75, 3.05) is 11.9 Å². The minimum atomic E-state index is -0.829. The Balaban J connectivity index is 2.74. The Morgan fingerprint density at radius 2 is 2.21 bits per heavy atom. The van der Waals surface area contributed by atoms with Crippen LogP contribution in [-0.4, -0.2) is 22.5 Å². The van der Waals surface area contributed by atoms with Crippen LogP contribution < -0.4 is 5.32 Å². The Hall–Kier alpha value is -2.11. The molecule has 1 unspecified atom stereocenters. The van der Waals surface area contributed by atoms with Gasteiger partial charge in [-0.3, -0.25) is 14.9 Å². The molecule has 0 saturated heterocycles. The molecule has 6 nitrogen and oxygen atoms in total. The van der Waals surface area contributed by atoms with E-state index in [-0.39, 0.29) is 18.0 Å². The van der Waals surface area contributed by atoms with E-state index in [1.807, 2.05) is 6.92 Å². The average Bonchev–Trinajstić information content (AvgIpc) is 2.35. The highest BCUT2D eigenvalue weighted by molar-refractivity contribution is 5.67. The van der Waals surface area contributed by atoms with Crippen molar-refractivity contribution in [3.8, 4) is 0 Å². The average molecular weight is 266 g/mol. The minimum Gasteiger partial charge on any atom is -0.481 e. The van der Waals surface area contributed by atoms with Crippen molar-refractivity contribution in [3.05, 3.63) is 33.9 Å². The molecule has 0 spiro atoms. The first kappa shape index (κ1) is 14.9. The molecular weight excluding hydrogens is 248 g/mol. The van der Waals surface area contributed by atoms with Crippen LogP contribution in [0, 0.1) is 23.0 Å². The second-order valence-electron chi connectivity index (χ2n) is 4.46. The van der Waals surface area contributed by atoms with Crippen molar-refractivity contribution in [1.82, 2.24) is 0 Å². The van der Waals surface area contributed by atoms with Crippen LogP contribution in [-0.2, 0) is 4.79 Å². The van der Waals surface area contributed by atoms with Crippen LogP contribution in [0.2, 0.25) is 0 Å². The summed E-state index contributed by atoms with van der Waals surface area (Å²) >= 11 is 0. The number of anilines is 1. The zero-order valence-corrected chi connectivity index (χ0v) is 11.0. The van der Waals surface area contributed by atoms with E-state index in [1.54, 1.807) is 19.1 Å². The van der Waals surface area contributed by atoms with Crippen molar-refractivity contribution in [3.63, 3.8) is 0 Å². The van der Waals surface area contributed by atoms with Gasteiger partial charge in [-0.1, -0.05) is 19.4 Å². The molecule has 6 heteroatoms. The first-order valence-electron chi connectivity index (χ1n) is 6.15. The van der Waals surface area contributed by atoms with Crippen molar-refractivity contribution in [2.45, 2.75) is 26.7 Å². The van der Waals surface area contributed by atoms with Gasteiger partial charge in [0.1, 0.15) is 0 Å². The van der Waals surface area contributed by atoms with E-state index in [4.69, 9.17) is 5.11 Å². The second-order valence-corrected chi connectivity index (χ2v) is 4.46. The van der Waals surface area contributed by atoms with Gasteiger partial charge in [-0.15, -0.1) is 0 Å².